The quantitative estimate of drug-likeness (QED) is 0.132. The van der Waals surface area contributed by atoms with E-state index in [0.29, 0.717) is 25.0 Å². The molecule has 2 N–H and O–H groups in total. The number of nitrogens with one attached hydrogen (secondary N) is 1. The number of aliphatic hydroxyl groups is 1. The van der Waals surface area contributed by atoms with Crippen molar-refractivity contribution in [3.8, 4) is 17.2 Å². The van der Waals surface area contributed by atoms with Gasteiger partial charge in [0, 0.05) is 13.0 Å². The summed E-state index contributed by atoms with van der Waals surface area (Å²) < 4.78 is 18.8. The van der Waals surface area contributed by atoms with Crippen molar-refractivity contribution in [2.45, 2.75) is 121 Å². The van der Waals surface area contributed by atoms with Gasteiger partial charge in [-0.05, 0) is 73.4 Å². The normalized spacial score (nSPS) is 10.4. The van der Waals surface area contributed by atoms with Crippen LogP contribution in [0.15, 0.2) is 36.4 Å². The number of amides is 1. The van der Waals surface area contributed by atoms with E-state index < -0.39 is 0 Å². The van der Waals surface area contributed by atoms with E-state index in [9.17, 15) is 14.0 Å². The van der Waals surface area contributed by atoms with Gasteiger partial charge in [0.15, 0.2) is 0 Å². The Balaban J connectivity index is -0.000000266. The predicted molar refractivity (Wildman–Crippen MR) is 185 cm³/mol. The molecule has 0 heterocycles. The second-order valence-corrected chi connectivity index (χ2v) is 9.71. The molecule has 1 amide bonds. The topological polar surface area (TPSA) is 99.4 Å². The lowest BCUT2D eigenvalue weighted by Crippen LogP contribution is -2.11. The first kappa shape index (κ1) is 47.8. The van der Waals surface area contributed by atoms with Crippen LogP contribution in [0.1, 0.15) is 111 Å². The summed E-state index contributed by atoms with van der Waals surface area (Å²) >= 11 is 0. The first-order valence-corrected chi connectivity index (χ1v) is 16.2. The standard InChI is InChI=1S/C16H15FO.C10H22O2.C4H10.C3H4N2O.2C2H6/c1-11-3-4-15(10-16(11)17)14-6-5-13(7-8-18)12(2)9-14;1-4-9(2)6-5-7-12-8-10(3)11;1-3-4-2;4-1-2-5-3-6;2*1-2/h3-6,8-10H,7H2,1-2H3;9-11H,4-8H2,1-3H3;3-4H2,1-2H3;3H,2H2,(H,5,6);2*1-2H3. The second-order valence-electron chi connectivity index (χ2n) is 9.71. The fraction of sp³-hybridized carbons (Fsp3) is 0.595. The molecule has 2 atom stereocenters. The Morgan fingerprint density at radius 3 is 1.93 bits per heavy atom. The van der Waals surface area contributed by atoms with Crippen LogP contribution in [0.5, 0.6) is 0 Å². The Morgan fingerprint density at radius 2 is 1.52 bits per heavy atom. The predicted octanol–water partition coefficient (Wildman–Crippen LogP) is 9.18. The zero-order valence-electron chi connectivity index (χ0n) is 29.6. The molecule has 2 unspecified atom stereocenters. The highest BCUT2D eigenvalue weighted by Crippen LogP contribution is 2.24. The third-order valence-electron chi connectivity index (χ3n) is 5.96. The zero-order chi connectivity index (χ0) is 34.8. The van der Waals surface area contributed by atoms with E-state index >= 15 is 0 Å². The van der Waals surface area contributed by atoms with Gasteiger partial charge in [-0.25, -0.2) is 4.39 Å². The van der Waals surface area contributed by atoms with Crippen molar-refractivity contribution in [3.63, 3.8) is 0 Å². The summed E-state index contributed by atoms with van der Waals surface area (Å²) in [4.78, 5) is 19.8. The number of rotatable bonds is 13. The van der Waals surface area contributed by atoms with Crippen LogP contribution in [-0.4, -0.2) is 43.7 Å². The molecule has 0 bridgehead atoms. The Kier molecular flexibility index (Phi) is 39.3. The zero-order valence-corrected chi connectivity index (χ0v) is 29.6. The molecule has 0 aliphatic carbocycles. The van der Waals surface area contributed by atoms with Gasteiger partial charge in [0.25, 0.3) is 0 Å². The van der Waals surface area contributed by atoms with Crippen molar-refractivity contribution in [1.82, 2.24) is 5.32 Å². The summed E-state index contributed by atoms with van der Waals surface area (Å²) in [6.45, 7) is 23.6. The summed E-state index contributed by atoms with van der Waals surface area (Å²) in [6.07, 6.45) is 7.72. The average molecular weight is 619 g/mol. The minimum absolute atomic E-state index is 0.101. The fourth-order valence-electron chi connectivity index (χ4n) is 3.05. The highest BCUT2D eigenvalue weighted by molar-refractivity contribution is 5.66. The van der Waals surface area contributed by atoms with E-state index in [2.05, 4.69) is 33.0 Å². The number of aryl methyl sites for hydroxylation is 2. The van der Waals surface area contributed by atoms with E-state index in [1.54, 1.807) is 32.0 Å². The molecule has 6 nitrogen and oxygen atoms in total. The SMILES string of the molecule is CC.CC.CCC(C)CCCOCC(C)O.CCCC.Cc1ccc(-c2ccc(CC=O)c(C)c2)cc1F.N#CCNC=O. The Bertz CT molecular complexity index is 972. The number of carbonyl (C=O) groups excluding carboxylic acids is 2. The number of hydrogen-bond donors (Lipinski definition) is 2. The number of halogens is 1. The van der Waals surface area contributed by atoms with Crippen LogP contribution in [0.25, 0.3) is 11.1 Å². The van der Waals surface area contributed by atoms with Gasteiger partial charge in [0.1, 0.15) is 18.6 Å². The molecule has 0 saturated heterocycles. The van der Waals surface area contributed by atoms with Crippen LogP contribution >= 0.6 is 0 Å². The molecule has 2 aromatic carbocycles. The smallest absolute Gasteiger partial charge is 0.207 e. The minimum atomic E-state index is -0.325. The lowest BCUT2D eigenvalue weighted by Gasteiger charge is -2.09. The lowest BCUT2D eigenvalue weighted by atomic mass is 9.98. The summed E-state index contributed by atoms with van der Waals surface area (Å²) in [5.74, 6) is 0.613. The number of ether oxygens (including phenoxy) is 1. The van der Waals surface area contributed by atoms with Crippen LogP contribution in [0, 0.1) is 36.9 Å². The van der Waals surface area contributed by atoms with Gasteiger partial charge in [0.05, 0.1) is 18.8 Å². The van der Waals surface area contributed by atoms with Crippen molar-refractivity contribution in [2.75, 3.05) is 19.8 Å². The van der Waals surface area contributed by atoms with E-state index in [-0.39, 0.29) is 18.5 Å². The molecule has 2 rings (SSSR count). The van der Waals surface area contributed by atoms with Crippen molar-refractivity contribution in [3.05, 3.63) is 58.9 Å². The maximum atomic E-state index is 13.5. The molecule has 0 fully saturated rings. The third-order valence-corrected chi connectivity index (χ3v) is 5.96. The van der Waals surface area contributed by atoms with Gasteiger partial charge < -0.3 is 20.0 Å². The molecule has 7 heteroatoms. The molecule has 0 radical (unpaired) electrons. The number of benzene rings is 2. The van der Waals surface area contributed by atoms with E-state index in [0.717, 1.165) is 47.5 Å². The van der Waals surface area contributed by atoms with Crippen LogP contribution in [0.3, 0.4) is 0 Å². The molecule has 44 heavy (non-hydrogen) atoms. The van der Waals surface area contributed by atoms with Gasteiger partial charge in [-0.15, -0.1) is 0 Å². The number of aliphatic hydroxyl groups excluding tert-OH is 1. The minimum Gasteiger partial charge on any atom is -0.391 e. The molecule has 0 aliphatic rings. The lowest BCUT2D eigenvalue weighted by molar-refractivity contribution is -0.109. The van der Waals surface area contributed by atoms with Crippen molar-refractivity contribution >= 4 is 12.7 Å². The summed E-state index contributed by atoms with van der Waals surface area (Å²) in [6, 6.07) is 12.8. The highest BCUT2D eigenvalue weighted by Gasteiger charge is 2.05. The maximum absolute atomic E-state index is 13.5. The van der Waals surface area contributed by atoms with Gasteiger partial charge >= 0.3 is 0 Å². The first-order valence-electron chi connectivity index (χ1n) is 16.2. The number of carbonyl (C=O) groups is 2. The van der Waals surface area contributed by atoms with E-state index in [1.165, 1.54) is 25.7 Å². The highest BCUT2D eigenvalue weighted by atomic mass is 19.1. The molecule has 0 aromatic heterocycles. The van der Waals surface area contributed by atoms with Crippen molar-refractivity contribution in [1.29, 1.82) is 5.26 Å². The third kappa shape index (κ3) is 29.0. The summed E-state index contributed by atoms with van der Waals surface area (Å²) in [5.41, 5.74) is 4.55. The molecule has 0 saturated carbocycles. The Hall–Kier alpha value is -3.08. The number of hydrogen-bond acceptors (Lipinski definition) is 5. The van der Waals surface area contributed by atoms with Gasteiger partial charge in [0.2, 0.25) is 6.41 Å². The molecule has 2 aromatic rings. The average Bonchev–Trinajstić information content (AvgIpc) is 3.04. The maximum Gasteiger partial charge on any atom is 0.207 e. The monoisotopic (exact) mass is 618 g/mol. The van der Waals surface area contributed by atoms with Crippen LogP contribution in [0.2, 0.25) is 0 Å². The van der Waals surface area contributed by atoms with Crippen LogP contribution in [0.4, 0.5) is 4.39 Å². The van der Waals surface area contributed by atoms with Gasteiger partial charge in [-0.1, -0.05) is 105 Å². The van der Waals surface area contributed by atoms with Gasteiger partial charge in [-0.3, -0.25) is 4.79 Å². The van der Waals surface area contributed by atoms with Crippen molar-refractivity contribution in [2.24, 2.45) is 5.92 Å². The van der Waals surface area contributed by atoms with Gasteiger partial charge in [-0.2, -0.15) is 5.26 Å². The first-order chi connectivity index (χ1) is 21.1. The fourth-order valence-corrected chi connectivity index (χ4v) is 3.05. The molecular formula is C37H63FN2O4. The Morgan fingerprint density at radius 1 is 0.955 bits per heavy atom. The molecule has 252 valence electrons. The van der Waals surface area contributed by atoms with Crippen LogP contribution in [-0.2, 0) is 20.7 Å². The van der Waals surface area contributed by atoms with E-state index in [1.807, 2.05) is 58.9 Å². The molecule has 0 spiro atoms. The largest absolute Gasteiger partial charge is 0.391 e. The number of unbranched alkanes of at least 4 members (excludes halogenated alkanes) is 1. The molecule has 0 aliphatic heterocycles. The number of nitriles is 1. The summed E-state index contributed by atoms with van der Waals surface area (Å²) in [5, 5.41) is 18.8. The summed E-state index contributed by atoms with van der Waals surface area (Å²) in [7, 11) is 0. The Labute approximate surface area is 269 Å². The number of aldehydes is 1. The molecular weight excluding hydrogens is 555 g/mol. The van der Waals surface area contributed by atoms with Crippen molar-refractivity contribution < 1.29 is 23.8 Å². The number of nitrogens with zero attached hydrogens (tertiary/aromatic N) is 1. The van der Waals surface area contributed by atoms with E-state index in [4.69, 9.17) is 15.1 Å². The second kappa shape index (κ2) is 36.1. The van der Waals surface area contributed by atoms with Crippen LogP contribution < -0.4 is 5.32 Å².